The van der Waals surface area contributed by atoms with Crippen LogP contribution in [-0.2, 0) is 6.42 Å². The third kappa shape index (κ3) is 5.65. The third-order valence-corrected chi connectivity index (χ3v) is 10.0. The van der Waals surface area contributed by atoms with Gasteiger partial charge in [-0.05, 0) is 80.6 Å². The van der Waals surface area contributed by atoms with Crippen molar-refractivity contribution in [2.24, 2.45) is 0 Å². The number of nitriles is 1. The molecule has 0 bridgehead atoms. The van der Waals surface area contributed by atoms with Gasteiger partial charge in [-0.2, -0.15) is 5.26 Å². The summed E-state index contributed by atoms with van der Waals surface area (Å²) in [5, 5.41) is 23.8. The minimum absolute atomic E-state index is 0.0254. The molecule has 7 rings (SSSR count). The van der Waals surface area contributed by atoms with Crippen LogP contribution in [0.15, 0.2) is 60.9 Å². The maximum Gasteiger partial charge on any atom is 0.192 e. The van der Waals surface area contributed by atoms with Crippen LogP contribution in [-0.4, -0.2) is 62.8 Å². The summed E-state index contributed by atoms with van der Waals surface area (Å²) in [5.41, 5.74) is 4.99. The van der Waals surface area contributed by atoms with Crippen molar-refractivity contribution in [1.82, 2.24) is 24.7 Å². The van der Waals surface area contributed by atoms with Gasteiger partial charge in [0.25, 0.3) is 0 Å². The predicted molar refractivity (Wildman–Crippen MR) is 176 cm³/mol. The molecule has 1 aliphatic heterocycles. The van der Waals surface area contributed by atoms with E-state index in [2.05, 4.69) is 52.0 Å². The van der Waals surface area contributed by atoms with Crippen molar-refractivity contribution < 1.29 is 9.50 Å². The largest absolute Gasteiger partial charge is 0.394 e. The van der Waals surface area contributed by atoms with E-state index < -0.39 is 0 Å². The first-order valence-corrected chi connectivity index (χ1v) is 16.2. The van der Waals surface area contributed by atoms with E-state index in [4.69, 9.17) is 15.0 Å². The highest BCUT2D eigenvalue weighted by molar-refractivity contribution is 7.16. The number of aryl methyl sites for hydroxylation is 1. The molecule has 2 aliphatic rings. The van der Waals surface area contributed by atoms with Crippen LogP contribution in [0, 0.1) is 17.1 Å². The van der Waals surface area contributed by atoms with Crippen molar-refractivity contribution in [1.29, 1.82) is 5.26 Å². The number of fused-ring (bicyclic) bond motifs is 1. The summed E-state index contributed by atoms with van der Waals surface area (Å²) in [5.74, 6) is 1.53. The number of pyridine rings is 2. The molecule has 2 fully saturated rings. The van der Waals surface area contributed by atoms with Crippen LogP contribution < -0.4 is 15.1 Å². The zero-order valence-corrected chi connectivity index (χ0v) is 26.2. The summed E-state index contributed by atoms with van der Waals surface area (Å²) in [4.78, 5) is 19.3. The number of thiazole rings is 1. The number of aliphatic hydroxyl groups excluding tert-OH is 1. The van der Waals surface area contributed by atoms with E-state index in [0.29, 0.717) is 27.3 Å². The van der Waals surface area contributed by atoms with Crippen molar-refractivity contribution in [3.63, 3.8) is 0 Å². The molecule has 5 heterocycles. The maximum atomic E-state index is 13.6. The molecule has 5 aromatic rings. The van der Waals surface area contributed by atoms with Crippen molar-refractivity contribution in [2.45, 2.75) is 50.6 Å². The van der Waals surface area contributed by atoms with E-state index in [-0.39, 0.29) is 18.0 Å². The van der Waals surface area contributed by atoms with E-state index in [9.17, 15) is 14.8 Å². The fraction of sp³-hybridized carbons (Fsp3) is 0.353. The summed E-state index contributed by atoms with van der Waals surface area (Å²) in [6.45, 7) is 4.18. The lowest BCUT2D eigenvalue weighted by Crippen LogP contribution is -2.48. The number of piperidine rings is 1. The number of nitrogens with zero attached hydrogens (tertiary/aromatic N) is 7. The Kier molecular flexibility index (Phi) is 7.73. The van der Waals surface area contributed by atoms with Crippen molar-refractivity contribution in [3.8, 4) is 28.5 Å². The number of hydrogen-bond acceptors (Lipinski definition) is 9. The van der Waals surface area contributed by atoms with E-state index in [1.807, 2.05) is 24.2 Å². The Labute approximate surface area is 265 Å². The average Bonchev–Trinajstić information content (AvgIpc) is 3.55. The minimum atomic E-state index is -0.331. The molecule has 0 unspecified atom stereocenters. The number of hydrogen-bond donors (Lipinski definition) is 2. The predicted octanol–water partition coefficient (Wildman–Crippen LogP) is 5.94. The van der Waals surface area contributed by atoms with Crippen LogP contribution in [0.5, 0.6) is 0 Å². The van der Waals surface area contributed by atoms with E-state index in [1.165, 1.54) is 23.5 Å². The quantitative estimate of drug-likeness (QED) is 0.208. The summed E-state index contributed by atoms with van der Waals surface area (Å²) in [6, 6.07) is 17.1. The lowest BCUT2D eigenvalue weighted by atomic mass is 10.0. The second-order valence-corrected chi connectivity index (χ2v) is 13.0. The normalized spacial score (nSPS) is 16.2. The van der Waals surface area contributed by atoms with E-state index in [0.717, 1.165) is 79.3 Å². The molecule has 4 aromatic heterocycles. The lowest BCUT2D eigenvalue weighted by molar-refractivity contribution is 0.210. The van der Waals surface area contributed by atoms with Crippen LogP contribution in [0.3, 0.4) is 0 Å². The third-order valence-electron chi connectivity index (χ3n) is 9.00. The highest BCUT2D eigenvalue weighted by atomic mass is 32.1. The van der Waals surface area contributed by atoms with Gasteiger partial charge in [-0.25, -0.2) is 19.3 Å². The van der Waals surface area contributed by atoms with Gasteiger partial charge in [0, 0.05) is 60.8 Å². The fourth-order valence-corrected chi connectivity index (χ4v) is 7.04. The smallest absolute Gasteiger partial charge is 0.192 e. The topological polar surface area (TPSA) is 106 Å². The van der Waals surface area contributed by atoms with E-state index >= 15 is 0 Å². The van der Waals surface area contributed by atoms with Gasteiger partial charge >= 0.3 is 0 Å². The van der Waals surface area contributed by atoms with Crippen molar-refractivity contribution in [2.75, 3.05) is 36.5 Å². The molecule has 45 heavy (non-hydrogen) atoms. The van der Waals surface area contributed by atoms with Crippen LogP contribution in [0.4, 0.5) is 21.2 Å². The molecule has 0 radical (unpaired) electrons. The average molecular weight is 623 g/mol. The van der Waals surface area contributed by atoms with Gasteiger partial charge in [0.2, 0.25) is 0 Å². The number of aromatic nitrogens is 4. The molecule has 11 heteroatoms. The van der Waals surface area contributed by atoms with Crippen molar-refractivity contribution >= 4 is 33.8 Å². The zero-order valence-electron chi connectivity index (χ0n) is 25.4. The van der Waals surface area contributed by atoms with Crippen LogP contribution >= 0.6 is 11.3 Å². The molecule has 0 atom stereocenters. The summed E-state index contributed by atoms with van der Waals surface area (Å²) < 4.78 is 15.6. The Hall–Kier alpha value is -4.37. The Bertz CT molecular complexity index is 1870. The first-order chi connectivity index (χ1) is 21.9. The van der Waals surface area contributed by atoms with Crippen LogP contribution in [0.2, 0.25) is 0 Å². The summed E-state index contributed by atoms with van der Waals surface area (Å²) in [7, 11) is 1.94. The first-order valence-electron chi connectivity index (χ1n) is 15.4. The number of halogens is 1. The highest BCUT2D eigenvalue weighted by Crippen LogP contribution is 2.38. The Balaban J connectivity index is 1.13. The maximum absolute atomic E-state index is 13.6. The van der Waals surface area contributed by atoms with E-state index in [1.54, 1.807) is 12.1 Å². The van der Waals surface area contributed by atoms with Crippen LogP contribution in [0.1, 0.15) is 43.2 Å². The first kappa shape index (κ1) is 29.3. The molecule has 2 N–H and O–H groups in total. The molecule has 9 nitrogen and oxygen atoms in total. The molecule has 230 valence electrons. The number of nitrogens with one attached hydrogen (secondary N) is 1. The minimum Gasteiger partial charge on any atom is -0.394 e. The Morgan fingerprint density at radius 1 is 1.07 bits per heavy atom. The lowest BCUT2D eigenvalue weighted by Gasteiger charge is -2.35. The van der Waals surface area contributed by atoms with Gasteiger partial charge < -0.3 is 20.2 Å². The van der Waals surface area contributed by atoms with Crippen LogP contribution in [0.25, 0.3) is 28.0 Å². The number of aliphatic hydroxyl groups is 1. The molecular weight excluding hydrogens is 587 g/mol. The molecule has 1 saturated carbocycles. The SMILES string of the molecule is CCc1nc2ccc(-c3ccc(N4CCC(NC5(CO)CC5)CC4)nc3)cn2c1N(C)c1nc(-c2ccc(F)cc2)c(C#N)s1. The van der Waals surface area contributed by atoms with Gasteiger partial charge in [0.1, 0.15) is 39.7 Å². The fourth-order valence-electron chi connectivity index (χ4n) is 6.19. The summed E-state index contributed by atoms with van der Waals surface area (Å²) in [6.07, 6.45) is 8.96. The van der Waals surface area contributed by atoms with Gasteiger partial charge in [-0.1, -0.05) is 18.3 Å². The molecular formula is C34H35FN8OS. The molecule has 1 saturated heterocycles. The van der Waals surface area contributed by atoms with Gasteiger partial charge in [-0.3, -0.25) is 4.40 Å². The number of imidazole rings is 1. The monoisotopic (exact) mass is 622 g/mol. The Morgan fingerprint density at radius 2 is 1.80 bits per heavy atom. The molecule has 0 amide bonds. The Morgan fingerprint density at radius 3 is 2.44 bits per heavy atom. The molecule has 0 spiro atoms. The zero-order chi connectivity index (χ0) is 31.1. The summed E-state index contributed by atoms with van der Waals surface area (Å²) >= 11 is 1.30. The number of rotatable bonds is 9. The second kappa shape index (κ2) is 11.9. The van der Waals surface area contributed by atoms with Crippen molar-refractivity contribution in [3.05, 3.63) is 77.3 Å². The van der Waals surface area contributed by atoms with Gasteiger partial charge in [0.15, 0.2) is 5.13 Å². The second-order valence-electron chi connectivity index (χ2n) is 12.0. The molecule has 1 aromatic carbocycles. The number of benzene rings is 1. The number of anilines is 3. The standard InChI is InChI=1S/C34H35FN8OS/c1-3-27-32(41(2)33-39-31(28(18-36)45-33)22-4-8-25(35)9-5-22)43-20-24(7-11-30(43)38-27)23-6-10-29(37-19-23)42-16-12-26(13-17-42)40-34(21-44)14-15-34/h4-11,19-20,26,40,44H,3,12-17,21H2,1-2H3. The molecule has 1 aliphatic carbocycles. The highest BCUT2D eigenvalue weighted by Gasteiger charge is 2.43. The van der Waals surface area contributed by atoms with Gasteiger partial charge in [-0.15, -0.1) is 0 Å². The van der Waals surface area contributed by atoms with Gasteiger partial charge in [0.05, 0.1) is 12.3 Å².